The monoisotopic (exact) mass is 287 g/mol. The van der Waals surface area contributed by atoms with Crippen LogP contribution in [0.15, 0.2) is 24.5 Å². The first-order valence-corrected chi connectivity index (χ1v) is 7.29. The van der Waals surface area contributed by atoms with Crippen molar-refractivity contribution in [2.45, 2.75) is 32.0 Å². The van der Waals surface area contributed by atoms with E-state index < -0.39 is 0 Å². The summed E-state index contributed by atoms with van der Waals surface area (Å²) in [6.45, 7) is 3.35. The molecule has 2 aromatic heterocycles. The zero-order valence-corrected chi connectivity index (χ0v) is 12.0. The predicted molar refractivity (Wildman–Crippen MR) is 80.1 cm³/mol. The second-order valence-electron chi connectivity index (χ2n) is 5.45. The third-order valence-corrected chi connectivity index (χ3v) is 4.02. The van der Waals surface area contributed by atoms with E-state index in [0.717, 1.165) is 43.7 Å². The Bertz CT molecular complexity index is 587. The Kier molecular flexibility index (Phi) is 4.12. The standard InChI is InChI=1S/C14H21N7/c15-8-12-10-21(19-18-12)13-3-6-20(7-4-13)9-11-2-1-5-17-14(11)16/h1-2,5,10,13H,3-4,6-9,15H2,(H2,16,17). The number of pyridine rings is 1. The molecule has 0 aliphatic carbocycles. The number of aromatic nitrogens is 4. The topological polar surface area (TPSA) is 98.9 Å². The fraction of sp³-hybridized carbons (Fsp3) is 0.500. The van der Waals surface area contributed by atoms with Crippen molar-refractivity contribution in [1.82, 2.24) is 24.9 Å². The van der Waals surface area contributed by atoms with Crippen LogP contribution < -0.4 is 11.5 Å². The van der Waals surface area contributed by atoms with Crippen molar-refractivity contribution in [2.75, 3.05) is 18.8 Å². The van der Waals surface area contributed by atoms with Crippen molar-refractivity contribution in [1.29, 1.82) is 0 Å². The number of piperidine rings is 1. The lowest BCUT2D eigenvalue weighted by molar-refractivity contribution is 0.172. The van der Waals surface area contributed by atoms with Gasteiger partial charge in [0, 0.05) is 37.9 Å². The lowest BCUT2D eigenvalue weighted by atomic mass is 10.0. The van der Waals surface area contributed by atoms with E-state index >= 15 is 0 Å². The minimum Gasteiger partial charge on any atom is -0.383 e. The van der Waals surface area contributed by atoms with E-state index in [1.807, 2.05) is 23.0 Å². The number of hydrogen-bond donors (Lipinski definition) is 2. The van der Waals surface area contributed by atoms with Crippen LogP contribution in [0.1, 0.15) is 30.1 Å². The molecule has 112 valence electrons. The van der Waals surface area contributed by atoms with E-state index in [0.29, 0.717) is 18.4 Å². The van der Waals surface area contributed by atoms with Crippen molar-refractivity contribution >= 4 is 5.82 Å². The summed E-state index contributed by atoms with van der Waals surface area (Å²) in [5.41, 5.74) is 13.4. The number of likely N-dealkylation sites (tertiary alicyclic amines) is 1. The van der Waals surface area contributed by atoms with Crippen LogP contribution in [0.3, 0.4) is 0 Å². The van der Waals surface area contributed by atoms with Gasteiger partial charge >= 0.3 is 0 Å². The summed E-state index contributed by atoms with van der Waals surface area (Å²) in [5.74, 6) is 0.628. The third kappa shape index (κ3) is 3.20. The molecular formula is C14H21N7. The fourth-order valence-electron chi connectivity index (χ4n) is 2.75. The molecule has 0 atom stereocenters. The van der Waals surface area contributed by atoms with E-state index in [9.17, 15) is 0 Å². The molecule has 21 heavy (non-hydrogen) atoms. The number of anilines is 1. The molecule has 0 spiro atoms. The van der Waals surface area contributed by atoms with Crippen molar-refractivity contribution < 1.29 is 0 Å². The lowest BCUT2D eigenvalue weighted by Crippen LogP contribution is -2.34. The summed E-state index contributed by atoms with van der Waals surface area (Å²) in [7, 11) is 0. The lowest BCUT2D eigenvalue weighted by Gasteiger charge is -2.31. The van der Waals surface area contributed by atoms with Crippen LogP contribution in [0, 0.1) is 0 Å². The zero-order chi connectivity index (χ0) is 14.7. The number of nitrogen functional groups attached to an aromatic ring is 1. The molecule has 7 heteroatoms. The molecule has 1 fully saturated rings. The van der Waals surface area contributed by atoms with E-state index in [1.54, 1.807) is 6.20 Å². The molecular weight excluding hydrogens is 266 g/mol. The quantitative estimate of drug-likeness (QED) is 0.852. The summed E-state index contributed by atoms with van der Waals surface area (Å²) < 4.78 is 1.96. The molecule has 3 heterocycles. The molecule has 0 bridgehead atoms. The molecule has 0 aromatic carbocycles. The van der Waals surface area contributed by atoms with Gasteiger partial charge in [-0.05, 0) is 18.9 Å². The van der Waals surface area contributed by atoms with E-state index in [-0.39, 0.29) is 0 Å². The second kappa shape index (κ2) is 6.19. The highest BCUT2D eigenvalue weighted by atomic mass is 15.4. The second-order valence-corrected chi connectivity index (χ2v) is 5.45. The maximum Gasteiger partial charge on any atom is 0.127 e. The number of nitrogens with two attached hydrogens (primary N) is 2. The first kappa shape index (κ1) is 14.0. The molecule has 0 radical (unpaired) electrons. The fourth-order valence-corrected chi connectivity index (χ4v) is 2.75. The van der Waals surface area contributed by atoms with Crippen LogP contribution in [0.5, 0.6) is 0 Å². The molecule has 3 rings (SSSR count). The van der Waals surface area contributed by atoms with E-state index in [4.69, 9.17) is 11.5 Å². The van der Waals surface area contributed by atoms with E-state index in [1.165, 1.54) is 0 Å². The number of hydrogen-bond acceptors (Lipinski definition) is 6. The van der Waals surface area contributed by atoms with Crippen LogP contribution >= 0.6 is 0 Å². The first-order valence-electron chi connectivity index (χ1n) is 7.29. The van der Waals surface area contributed by atoms with Gasteiger partial charge in [0.25, 0.3) is 0 Å². The van der Waals surface area contributed by atoms with Gasteiger partial charge in [-0.15, -0.1) is 5.10 Å². The molecule has 4 N–H and O–H groups in total. The van der Waals surface area contributed by atoms with Gasteiger partial charge in [-0.2, -0.15) is 0 Å². The molecule has 1 saturated heterocycles. The third-order valence-electron chi connectivity index (χ3n) is 4.02. The van der Waals surface area contributed by atoms with Crippen LogP contribution in [0.4, 0.5) is 5.82 Å². The Morgan fingerprint density at radius 3 is 2.76 bits per heavy atom. The minimum atomic E-state index is 0.417. The van der Waals surface area contributed by atoms with Crippen LogP contribution in [-0.4, -0.2) is 38.0 Å². The van der Waals surface area contributed by atoms with Gasteiger partial charge in [0.15, 0.2) is 0 Å². The highest BCUT2D eigenvalue weighted by Crippen LogP contribution is 2.23. The average molecular weight is 287 g/mol. The Labute approximate surface area is 123 Å². The van der Waals surface area contributed by atoms with Gasteiger partial charge in [-0.25, -0.2) is 9.67 Å². The van der Waals surface area contributed by atoms with Gasteiger partial charge in [0.1, 0.15) is 5.82 Å². The molecule has 7 nitrogen and oxygen atoms in total. The Morgan fingerprint density at radius 1 is 1.29 bits per heavy atom. The van der Waals surface area contributed by atoms with Crippen molar-refractivity contribution in [3.63, 3.8) is 0 Å². The molecule has 0 amide bonds. The van der Waals surface area contributed by atoms with Gasteiger partial charge in [0.05, 0.1) is 17.9 Å². The summed E-state index contributed by atoms with van der Waals surface area (Å²) in [5, 5.41) is 8.23. The minimum absolute atomic E-state index is 0.417. The molecule has 0 saturated carbocycles. The molecule has 1 aliphatic heterocycles. The Hall–Kier alpha value is -1.99. The van der Waals surface area contributed by atoms with Crippen LogP contribution in [0.25, 0.3) is 0 Å². The normalized spacial score (nSPS) is 17.2. The maximum atomic E-state index is 5.90. The summed E-state index contributed by atoms with van der Waals surface area (Å²) in [6.07, 6.45) is 5.81. The first-order chi connectivity index (χ1) is 10.3. The van der Waals surface area contributed by atoms with E-state index in [2.05, 4.69) is 20.2 Å². The number of nitrogens with zero attached hydrogens (tertiary/aromatic N) is 5. The predicted octanol–water partition coefficient (Wildman–Crippen LogP) is 0.551. The van der Waals surface area contributed by atoms with Gasteiger partial charge in [-0.1, -0.05) is 11.3 Å². The highest BCUT2D eigenvalue weighted by Gasteiger charge is 2.22. The van der Waals surface area contributed by atoms with Crippen LogP contribution in [-0.2, 0) is 13.1 Å². The maximum absolute atomic E-state index is 5.90. The highest BCUT2D eigenvalue weighted by molar-refractivity contribution is 5.38. The summed E-state index contributed by atoms with van der Waals surface area (Å²) in [4.78, 5) is 6.54. The Morgan fingerprint density at radius 2 is 2.10 bits per heavy atom. The average Bonchev–Trinajstić information content (AvgIpc) is 2.99. The van der Waals surface area contributed by atoms with Crippen LogP contribution in [0.2, 0.25) is 0 Å². The zero-order valence-electron chi connectivity index (χ0n) is 12.0. The summed E-state index contributed by atoms with van der Waals surface area (Å²) >= 11 is 0. The van der Waals surface area contributed by atoms with Crippen molar-refractivity contribution in [3.8, 4) is 0 Å². The Balaban J connectivity index is 1.56. The SMILES string of the molecule is NCc1cn(C2CCN(Cc3cccnc3N)CC2)nn1. The van der Waals surface area contributed by atoms with Gasteiger partial charge in [-0.3, -0.25) is 4.90 Å². The van der Waals surface area contributed by atoms with Crippen molar-refractivity contribution in [3.05, 3.63) is 35.8 Å². The smallest absolute Gasteiger partial charge is 0.127 e. The number of rotatable bonds is 4. The van der Waals surface area contributed by atoms with Gasteiger partial charge < -0.3 is 11.5 Å². The summed E-state index contributed by atoms with van der Waals surface area (Å²) in [6, 6.07) is 4.39. The largest absolute Gasteiger partial charge is 0.383 e. The molecule has 1 aliphatic rings. The van der Waals surface area contributed by atoms with Gasteiger partial charge in [0.2, 0.25) is 0 Å². The van der Waals surface area contributed by atoms with Crippen molar-refractivity contribution in [2.24, 2.45) is 5.73 Å². The molecule has 2 aromatic rings. The molecule has 0 unspecified atom stereocenters.